The van der Waals surface area contributed by atoms with Crippen molar-refractivity contribution in [3.8, 4) is 0 Å². The van der Waals surface area contributed by atoms with E-state index in [0.29, 0.717) is 0 Å². The second-order valence-corrected chi connectivity index (χ2v) is 5.85. The molecule has 1 rings (SSSR count). The average molecular weight is 292 g/mol. The molecule has 108 valence electrons. The summed E-state index contributed by atoms with van der Waals surface area (Å²) in [5.41, 5.74) is 0. The number of hydrogen-bond acceptors (Lipinski definition) is 5. The molecule has 1 atom stereocenters. The van der Waals surface area contributed by atoms with Crippen LogP contribution < -0.4 is 10.6 Å². The van der Waals surface area contributed by atoms with Gasteiger partial charge in [-0.3, -0.25) is 4.79 Å². The van der Waals surface area contributed by atoms with Crippen LogP contribution >= 0.6 is 0 Å². The summed E-state index contributed by atoms with van der Waals surface area (Å²) >= 11 is 0. The average Bonchev–Trinajstić information content (AvgIpc) is 2.62. The Bertz CT molecular complexity index is 459. The van der Waals surface area contributed by atoms with E-state index in [1.54, 1.807) is 0 Å². The second kappa shape index (κ2) is 7.10. The van der Waals surface area contributed by atoms with Gasteiger partial charge in [-0.1, -0.05) is 0 Å². The van der Waals surface area contributed by atoms with E-state index in [4.69, 9.17) is 9.84 Å². The molecule has 0 fully saturated rings. The molecular weight excluding hydrogens is 276 g/mol. The standard InChI is InChI=1S/C10H16N2O6S/c13-9(14)1-4-18-5-3-11-10(15)12-8-2-6-19(16,17)7-8/h2,6,8H,1,3-5,7H2,(H,13,14)(H2,11,12,15). The molecule has 9 heteroatoms. The molecule has 0 spiro atoms. The zero-order valence-corrected chi connectivity index (χ0v) is 11.0. The first kappa shape index (κ1) is 15.4. The molecule has 1 aliphatic rings. The summed E-state index contributed by atoms with van der Waals surface area (Å²) in [5.74, 6) is -1.07. The van der Waals surface area contributed by atoms with Crippen molar-refractivity contribution >= 4 is 21.8 Å². The van der Waals surface area contributed by atoms with Crippen molar-refractivity contribution in [3.05, 3.63) is 11.5 Å². The topological polar surface area (TPSA) is 122 Å². The van der Waals surface area contributed by atoms with Crippen LogP contribution in [0.2, 0.25) is 0 Å². The molecule has 8 nitrogen and oxygen atoms in total. The van der Waals surface area contributed by atoms with Crippen LogP contribution in [-0.2, 0) is 19.4 Å². The Morgan fingerprint density at radius 1 is 1.37 bits per heavy atom. The number of aliphatic carboxylic acids is 1. The van der Waals surface area contributed by atoms with Crippen molar-refractivity contribution in [3.63, 3.8) is 0 Å². The molecule has 1 heterocycles. The molecule has 1 unspecified atom stereocenters. The largest absolute Gasteiger partial charge is 0.481 e. The van der Waals surface area contributed by atoms with Crippen LogP contribution in [0.1, 0.15) is 6.42 Å². The molecular formula is C10H16N2O6S. The van der Waals surface area contributed by atoms with Crippen molar-refractivity contribution in [2.24, 2.45) is 0 Å². The molecule has 0 aromatic heterocycles. The Kier molecular flexibility index (Phi) is 5.77. The molecule has 0 aromatic rings. The molecule has 0 bridgehead atoms. The number of ether oxygens (including phenoxy) is 1. The number of nitrogens with one attached hydrogen (secondary N) is 2. The van der Waals surface area contributed by atoms with Gasteiger partial charge < -0.3 is 20.5 Å². The number of rotatable bonds is 7. The summed E-state index contributed by atoms with van der Waals surface area (Å²) in [6.45, 7) is 0.496. The zero-order valence-electron chi connectivity index (χ0n) is 10.2. The van der Waals surface area contributed by atoms with Crippen molar-refractivity contribution in [1.82, 2.24) is 10.6 Å². The summed E-state index contributed by atoms with van der Waals surface area (Å²) in [4.78, 5) is 21.5. The Hall–Kier alpha value is -1.61. The third kappa shape index (κ3) is 6.77. The van der Waals surface area contributed by atoms with E-state index in [2.05, 4.69) is 10.6 Å². The second-order valence-electron chi connectivity index (χ2n) is 3.92. The van der Waals surface area contributed by atoms with Crippen LogP contribution in [0.5, 0.6) is 0 Å². The quantitative estimate of drug-likeness (QED) is 0.522. The molecule has 0 radical (unpaired) electrons. The van der Waals surface area contributed by atoms with E-state index < -0.39 is 27.9 Å². The van der Waals surface area contributed by atoms with Gasteiger partial charge in [0.2, 0.25) is 0 Å². The number of carboxylic acids is 1. The Morgan fingerprint density at radius 3 is 2.68 bits per heavy atom. The molecule has 2 amide bonds. The molecule has 19 heavy (non-hydrogen) atoms. The third-order valence-electron chi connectivity index (χ3n) is 2.24. The zero-order chi connectivity index (χ0) is 14.3. The van der Waals surface area contributed by atoms with Crippen LogP contribution in [0.15, 0.2) is 11.5 Å². The molecule has 0 aliphatic carbocycles. The van der Waals surface area contributed by atoms with Gasteiger partial charge in [-0.2, -0.15) is 0 Å². The van der Waals surface area contributed by atoms with Gasteiger partial charge in [0.05, 0.1) is 31.4 Å². The first-order valence-electron chi connectivity index (χ1n) is 5.64. The Labute approximate surface area is 110 Å². The maximum atomic E-state index is 11.4. The summed E-state index contributed by atoms with van der Waals surface area (Å²) in [6, 6.07) is -1.01. The van der Waals surface area contributed by atoms with Crippen LogP contribution in [0.3, 0.4) is 0 Å². The van der Waals surface area contributed by atoms with Crippen LogP contribution in [-0.4, -0.2) is 57.1 Å². The predicted molar refractivity (Wildman–Crippen MR) is 66.3 cm³/mol. The highest BCUT2D eigenvalue weighted by molar-refractivity contribution is 7.94. The van der Waals surface area contributed by atoms with Crippen molar-refractivity contribution in [2.75, 3.05) is 25.5 Å². The van der Waals surface area contributed by atoms with Gasteiger partial charge in [0.25, 0.3) is 0 Å². The SMILES string of the molecule is O=C(O)CCOCCNC(=O)NC1C=CS(=O)(=O)C1. The van der Waals surface area contributed by atoms with Gasteiger partial charge in [-0.25, -0.2) is 13.2 Å². The van der Waals surface area contributed by atoms with E-state index in [0.717, 1.165) is 5.41 Å². The fraction of sp³-hybridized carbons (Fsp3) is 0.600. The minimum atomic E-state index is -3.19. The van der Waals surface area contributed by atoms with Crippen molar-refractivity contribution in [2.45, 2.75) is 12.5 Å². The molecule has 0 saturated carbocycles. The molecule has 1 aliphatic heterocycles. The van der Waals surface area contributed by atoms with Gasteiger partial charge in [0, 0.05) is 12.0 Å². The van der Waals surface area contributed by atoms with Crippen molar-refractivity contribution in [1.29, 1.82) is 0 Å². The van der Waals surface area contributed by atoms with Crippen molar-refractivity contribution < 1.29 is 27.9 Å². The third-order valence-corrected chi connectivity index (χ3v) is 3.63. The number of carbonyl (C=O) groups excluding carboxylic acids is 1. The summed E-state index contributed by atoms with van der Waals surface area (Å²) < 4.78 is 27.1. The first-order chi connectivity index (χ1) is 8.89. The highest BCUT2D eigenvalue weighted by atomic mass is 32.2. The van der Waals surface area contributed by atoms with E-state index >= 15 is 0 Å². The van der Waals surface area contributed by atoms with Gasteiger partial charge in [-0.05, 0) is 6.08 Å². The number of hydrogen-bond donors (Lipinski definition) is 3. The van der Waals surface area contributed by atoms with Gasteiger partial charge in [-0.15, -0.1) is 0 Å². The van der Waals surface area contributed by atoms with Gasteiger partial charge >= 0.3 is 12.0 Å². The minimum absolute atomic E-state index is 0.0856. The van der Waals surface area contributed by atoms with Crippen LogP contribution in [0, 0.1) is 0 Å². The summed E-state index contributed by atoms with van der Waals surface area (Å²) in [6.07, 6.45) is 1.33. The number of sulfone groups is 1. The minimum Gasteiger partial charge on any atom is -0.481 e. The highest BCUT2D eigenvalue weighted by Crippen LogP contribution is 2.07. The Balaban J connectivity index is 2.06. The molecule has 0 aromatic carbocycles. The number of urea groups is 1. The lowest BCUT2D eigenvalue weighted by Gasteiger charge is -2.11. The lowest BCUT2D eigenvalue weighted by molar-refractivity contribution is -0.138. The van der Waals surface area contributed by atoms with E-state index in [1.807, 2.05) is 0 Å². The van der Waals surface area contributed by atoms with E-state index in [1.165, 1.54) is 6.08 Å². The molecule has 3 N–H and O–H groups in total. The van der Waals surface area contributed by atoms with Crippen LogP contribution in [0.25, 0.3) is 0 Å². The lowest BCUT2D eigenvalue weighted by Crippen LogP contribution is -2.43. The number of carboxylic acid groups (broad SMARTS) is 1. The fourth-order valence-electron chi connectivity index (χ4n) is 1.38. The normalized spacial score (nSPS) is 20.1. The lowest BCUT2D eigenvalue weighted by atomic mass is 10.3. The summed E-state index contributed by atoms with van der Waals surface area (Å²) in [5, 5.41) is 14.4. The van der Waals surface area contributed by atoms with Gasteiger partial charge in [0.1, 0.15) is 0 Å². The predicted octanol–water partition coefficient (Wildman–Crippen LogP) is -0.912. The molecule has 0 saturated heterocycles. The monoisotopic (exact) mass is 292 g/mol. The highest BCUT2D eigenvalue weighted by Gasteiger charge is 2.22. The van der Waals surface area contributed by atoms with E-state index in [-0.39, 0.29) is 31.9 Å². The van der Waals surface area contributed by atoms with Gasteiger partial charge in [0.15, 0.2) is 9.84 Å². The van der Waals surface area contributed by atoms with Crippen LogP contribution in [0.4, 0.5) is 4.79 Å². The first-order valence-corrected chi connectivity index (χ1v) is 7.35. The number of amides is 2. The maximum absolute atomic E-state index is 11.4. The Morgan fingerprint density at radius 2 is 2.11 bits per heavy atom. The van der Waals surface area contributed by atoms with E-state index in [9.17, 15) is 18.0 Å². The fourth-order valence-corrected chi connectivity index (χ4v) is 2.62. The maximum Gasteiger partial charge on any atom is 0.315 e. The summed E-state index contributed by atoms with van der Waals surface area (Å²) in [7, 11) is -3.19. The smallest absolute Gasteiger partial charge is 0.315 e. The number of carbonyl (C=O) groups is 2.